The molecule has 0 aliphatic heterocycles. The molecule has 4 heteroatoms. The number of rotatable bonds is 3. The molecule has 0 fully saturated rings. The molecule has 1 heterocycles. The molecule has 0 atom stereocenters. The number of hydrogen-bond acceptors (Lipinski definition) is 2. The quantitative estimate of drug-likeness (QED) is 0.862. The number of thiophene rings is 1. The molecule has 94 valence electrons. The Bertz CT molecular complexity index is 520. The summed E-state index contributed by atoms with van der Waals surface area (Å²) in [5.74, 6) is 0. The van der Waals surface area contributed by atoms with Gasteiger partial charge in [0.15, 0.2) is 0 Å². The largest absolute Gasteiger partial charge is 0.336 e. The SMILES string of the molecule is CC(C)NC(=O)Nc1cccc(-c2ccsc2)c1. The van der Waals surface area contributed by atoms with Crippen LogP contribution in [-0.2, 0) is 0 Å². The average Bonchev–Trinajstić information content (AvgIpc) is 2.81. The van der Waals surface area contributed by atoms with E-state index in [-0.39, 0.29) is 12.1 Å². The second-order valence-electron chi connectivity index (χ2n) is 4.35. The van der Waals surface area contributed by atoms with Gasteiger partial charge in [-0.3, -0.25) is 0 Å². The molecule has 0 bridgehead atoms. The van der Waals surface area contributed by atoms with Crippen molar-refractivity contribution >= 4 is 23.1 Å². The minimum atomic E-state index is -0.174. The van der Waals surface area contributed by atoms with Crippen molar-refractivity contribution in [3.05, 3.63) is 41.1 Å². The average molecular weight is 260 g/mol. The predicted molar refractivity (Wildman–Crippen MR) is 77.0 cm³/mol. The first-order valence-electron chi connectivity index (χ1n) is 5.85. The minimum absolute atomic E-state index is 0.130. The molecule has 0 aliphatic carbocycles. The molecule has 0 saturated carbocycles. The Labute approximate surface area is 111 Å². The zero-order chi connectivity index (χ0) is 13.0. The van der Waals surface area contributed by atoms with E-state index >= 15 is 0 Å². The highest BCUT2D eigenvalue weighted by Gasteiger charge is 2.04. The summed E-state index contributed by atoms with van der Waals surface area (Å²) in [7, 11) is 0. The van der Waals surface area contributed by atoms with Crippen LogP contribution in [0.1, 0.15) is 13.8 Å². The molecule has 2 rings (SSSR count). The lowest BCUT2D eigenvalue weighted by Crippen LogP contribution is -2.34. The van der Waals surface area contributed by atoms with E-state index in [4.69, 9.17) is 0 Å². The van der Waals surface area contributed by atoms with Crippen molar-refractivity contribution in [2.45, 2.75) is 19.9 Å². The lowest BCUT2D eigenvalue weighted by molar-refractivity contribution is 0.250. The summed E-state index contributed by atoms with van der Waals surface area (Å²) in [5.41, 5.74) is 3.09. The van der Waals surface area contributed by atoms with Crippen LogP contribution in [0.5, 0.6) is 0 Å². The highest BCUT2D eigenvalue weighted by molar-refractivity contribution is 7.08. The maximum atomic E-state index is 11.6. The summed E-state index contributed by atoms with van der Waals surface area (Å²) < 4.78 is 0. The van der Waals surface area contributed by atoms with Gasteiger partial charge in [0.05, 0.1) is 0 Å². The Kier molecular flexibility index (Phi) is 3.99. The summed E-state index contributed by atoms with van der Waals surface area (Å²) in [4.78, 5) is 11.6. The van der Waals surface area contributed by atoms with Crippen molar-refractivity contribution in [1.82, 2.24) is 5.32 Å². The van der Waals surface area contributed by atoms with Crippen LogP contribution >= 0.6 is 11.3 Å². The molecule has 3 nitrogen and oxygen atoms in total. The normalized spacial score (nSPS) is 10.4. The van der Waals surface area contributed by atoms with Crippen LogP contribution in [-0.4, -0.2) is 12.1 Å². The molecular formula is C14H16N2OS. The van der Waals surface area contributed by atoms with Crippen LogP contribution in [0.25, 0.3) is 11.1 Å². The zero-order valence-corrected chi connectivity index (χ0v) is 11.3. The number of anilines is 1. The third kappa shape index (κ3) is 3.34. The molecule has 0 radical (unpaired) electrons. The lowest BCUT2D eigenvalue weighted by Gasteiger charge is -2.10. The highest BCUT2D eigenvalue weighted by Crippen LogP contribution is 2.24. The molecule has 2 N–H and O–H groups in total. The number of amides is 2. The third-order valence-corrected chi connectivity index (χ3v) is 3.08. The van der Waals surface area contributed by atoms with Gasteiger partial charge in [0.25, 0.3) is 0 Å². The van der Waals surface area contributed by atoms with Crippen molar-refractivity contribution in [2.75, 3.05) is 5.32 Å². The van der Waals surface area contributed by atoms with E-state index in [1.165, 1.54) is 5.56 Å². The van der Waals surface area contributed by atoms with Crippen molar-refractivity contribution in [2.24, 2.45) is 0 Å². The van der Waals surface area contributed by atoms with Gasteiger partial charge in [0.1, 0.15) is 0 Å². The number of hydrogen-bond donors (Lipinski definition) is 2. The highest BCUT2D eigenvalue weighted by atomic mass is 32.1. The van der Waals surface area contributed by atoms with E-state index in [1.54, 1.807) is 11.3 Å². The first-order valence-corrected chi connectivity index (χ1v) is 6.79. The Morgan fingerprint density at radius 3 is 2.72 bits per heavy atom. The number of carbonyl (C=O) groups excluding carboxylic acids is 1. The van der Waals surface area contributed by atoms with Crippen LogP contribution in [0.3, 0.4) is 0 Å². The van der Waals surface area contributed by atoms with Gasteiger partial charge in [-0.15, -0.1) is 0 Å². The Morgan fingerprint density at radius 2 is 2.06 bits per heavy atom. The Morgan fingerprint density at radius 1 is 1.22 bits per heavy atom. The van der Waals surface area contributed by atoms with Gasteiger partial charge in [0.2, 0.25) is 0 Å². The van der Waals surface area contributed by atoms with Gasteiger partial charge >= 0.3 is 6.03 Å². The molecule has 2 aromatic rings. The van der Waals surface area contributed by atoms with Crippen molar-refractivity contribution in [1.29, 1.82) is 0 Å². The lowest BCUT2D eigenvalue weighted by atomic mass is 10.1. The van der Waals surface area contributed by atoms with E-state index in [0.717, 1.165) is 11.3 Å². The van der Waals surface area contributed by atoms with E-state index in [2.05, 4.69) is 22.1 Å². The maximum Gasteiger partial charge on any atom is 0.319 e. The Hall–Kier alpha value is -1.81. The fraction of sp³-hybridized carbons (Fsp3) is 0.214. The van der Waals surface area contributed by atoms with Crippen molar-refractivity contribution in [3.8, 4) is 11.1 Å². The topological polar surface area (TPSA) is 41.1 Å². The summed E-state index contributed by atoms with van der Waals surface area (Å²) in [6, 6.07) is 9.86. The minimum Gasteiger partial charge on any atom is -0.336 e. The summed E-state index contributed by atoms with van der Waals surface area (Å²) in [6.45, 7) is 3.86. The number of carbonyl (C=O) groups is 1. The van der Waals surface area contributed by atoms with Gasteiger partial charge in [-0.1, -0.05) is 12.1 Å². The smallest absolute Gasteiger partial charge is 0.319 e. The number of benzene rings is 1. The van der Waals surface area contributed by atoms with Crippen LogP contribution < -0.4 is 10.6 Å². The molecule has 0 saturated heterocycles. The summed E-state index contributed by atoms with van der Waals surface area (Å²) in [5, 5.41) is 9.76. The van der Waals surface area contributed by atoms with E-state index in [9.17, 15) is 4.79 Å². The number of urea groups is 1. The summed E-state index contributed by atoms with van der Waals surface area (Å²) >= 11 is 1.66. The second kappa shape index (κ2) is 5.69. The van der Waals surface area contributed by atoms with Crippen LogP contribution in [0.4, 0.5) is 10.5 Å². The first kappa shape index (κ1) is 12.6. The molecule has 0 spiro atoms. The predicted octanol–water partition coefficient (Wildman–Crippen LogP) is 3.95. The molecule has 2 amide bonds. The van der Waals surface area contributed by atoms with Crippen LogP contribution in [0, 0.1) is 0 Å². The molecule has 0 aliphatic rings. The van der Waals surface area contributed by atoms with Crippen LogP contribution in [0.2, 0.25) is 0 Å². The van der Waals surface area contributed by atoms with Crippen LogP contribution in [0.15, 0.2) is 41.1 Å². The van der Waals surface area contributed by atoms with Gasteiger partial charge in [0, 0.05) is 11.7 Å². The fourth-order valence-electron chi connectivity index (χ4n) is 1.63. The van der Waals surface area contributed by atoms with E-state index in [1.807, 2.05) is 43.5 Å². The first-order chi connectivity index (χ1) is 8.65. The Balaban J connectivity index is 2.11. The van der Waals surface area contributed by atoms with Crippen molar-refractivity contribution in [3.63, 3.8) is 0 Å². The van der Waals surface area contributed by atoms with Gasteiger partial charge in [-0.25, -0.2) is 4.79 Å². The molecule has 0 unspecified atom stereocenters. The molecular weight excluding hydrogens is 244 g/mol. The summed E-state index contributed by atoms with van der Waals surface area (Å²) in [6.07, 6.45) is 0. The maximum absolute atomic E-state index is 11.6. The van der Waals surface area contributed by atoms with Gasteiger partial charge < -0.3 is 10.6 Å². The molecule has 1 aromatic carbocycles. The molecule has 18 heavy (non-hydrogen) atoms. The monoisotopic (exact) mass is 260 g/mol. The van der Waals surface area contributed by atoms with Crippen molar-refractivity contribution < 1.29 is 4.79 Å². The molecule has 1 aromatic heterocycles. The second-order valence-corrected chi connectivity index (χ2v) is 5.13. The number of nitrogens with one attached hydrogen (secondary N) is 2. The standard InChI is InChI=1S/C14H16N2OS/c1-10(2)15-14(17)16-13-5-3-4-11(8-13)12-6-7-18-9-12/h3-10H,1-2H3,(H2,15,16,17). The zero-order valence-electron chi connectivity index (χ0n) is 10.4. The fourth-order valence-corrected chi connectivity index (χ4v) is 2.30. The van der Waals surface area contributed by atoms with E-state index in [0.29, 0.717) is 0 Å². The third-order valence-electron chi connectivity index (χ3n) is 2.39. The van der Waals surface area contributed by atoms with E-state index < -0.39 is 0 Å². The van der Waals surface area contributed by atoms with Gasteiger partial charge in [-0.05, 0) is 53.9 Å². The van der Waals surface area contributed by atoms with Gasteiger partial charge in [-0.2, -0.15) is 11.3 Å².